The zero-order valence-electron chi connectivity index (χ0n) is 16.5. The van der Waals surface area contributed by atoms with Gasteiger partial charge in [0, 0.05) is 38.2 Å². The van der Waals surface area contributed by atoms with Crippen LogP contribution in [0.5, 0.6) is 5.75 Å². The lowest BCUT2D eigenvalue weighted by molar-refractivity contribution is -0.127. The fourth-order valence-electron chi connectivity index (χ4n) is 3.56. The summed E-state index contributed by atoms with van der Waals surface area (Å²) < 4.78 is 5.62. The number of aliphatic imine (C=N–C) groups is 1. The first-order valence-corrected chi connectivity index (χ1v) is 9.38. The van der Waals surface area contributed by atoms with Crippen LogP contribution >= 0.6 is 0 Å². The molecule has 0 saturated heterocycles. The predicted molar refractivity (Wildman–Crippen MR) is 106 cm³/mol. The molecule has 1 saturated carbocycles. The molecule has 0 unspecified atom stereocenters. The molecule has 0 bridgehead atoms. The second kappa shape index (κ2) is 9.46. The zero-order valence-corrected chi connectivity index (χ0v) is 16.5. The van der Waals surface area contributed by atoms with Gasteiger partial charge in [-0.05, 0) is 25.8 Å². The Kier molecular flexibility index (Phi) is 7.30. The first-order valence-electron chi connectivity index (χ1n) is 9.38. The van der Waals surface area contributed by atoms with Crippen LogP contribution in [0.1, 0.15) is 38.2 Å². The third-order valence-corrected chi connectivity index (χ3v) is 5.05. The van der Waals surface area contributed by atoms with E-state index in [2.05, 4.69) is 27.8 Å². The van der Waals surface area contributed by atoms with E-state index in [1.807, 2.05) is 19.1 Å². The van der Waals surface area contributed by atoms with Gasteiger partial charge in [-0.3, -0.25) is 4.79 Å². The molecule has 1 fully saturated rings. The predicted octanol–water partition coefficient (Wildman–Crippen LogP) is 2.15. The van der Waals surface area contributed by atoms with Gasteiger partial charge >= 0.3 is 0 Å². The van der Waals surface area contributed by atoms with Crippen LogP contribution in [-0.2, 0) is 10.2 Å². The average molecular weight is 361 g/mol. The zero-order chi connectivity index (χ0) is 19.0. The molecule has 0 aliphatic heterocycles. The molecule has 6 heteroatoms. The van der Waals surface area contributed by atoms with Crippen molar-refractivity contribution >= 4 is 11.9 Å². The fourth-order valence-corrected chi connectivity index (χ4v) is 3.56. The van der Waals surface area contributed by atoms with Crippen LogP contribution in [0.2, 0.25) is 0 Å². The molecule has 2 N–H and O–H groups in total. The van der Waals surface area contributed by atoms with E-state index in [0.29, 0.717) is 5.96 Å². The van der Waals surface area contributed by atoms with Crippen LogP contribution < -0.4 is 15.4 Å². The lowest BCUT2D eigenvalue weighted by Gasteiger charge is -2.32. The molecule has 1 amide bonds. The number of carbonyl (C=O) groups excluding carboxylic acids is 1. The monoisotopic (exact) mass is 360 g/mol. The van der Waals surface area contributed by atoms with Crippen molar-refractivity contribution in [3.05, 3.63) is 29.8 Å². The van der Waals surface area contributed by atoms with Crippen molar-refractivity contribution in [3.63, 3.8) is 0 Å². The number of rotatable bonds is 7. The number of hydrogen-bond acceptors (Lipinski definition) is 3. The van der Waals surface area contributed by atoms with Gasteiger partial charge in [0.15, 0.2) is 5.96 Å². The molecular weight excluding hydrogens is 328 g/mol. The van der Waals surface area contributed by atoms with Crippen LogP contribution in [0.3, 0.4) is 0 Å². The van der Waals surface area contributed by atoms with E-state index < -0.39 is 0 Å². The number of ether oxygens (including phenoxy) is 1. The fraction of sp³-hybridized carbons (Fsp3) is 0.600. The van der Waals surface area contributed by atoms with E-state index in [-0.39, 0.29) is 17.9 Å². The molecule has 1 aromatic rings. The molecular formula is C20H32N4O2. The van der Waals surface area contributed by atoms with Gasteiger partial charge in [0.05, 0.1) is 7.11 Å². The molecule has 6 nitrogen and oxygen atoms in total. The average Bonchev–Trinajstić information content (AvgIpc) is 3.13. The SMILES string of the molecule is CCNC(=NCC(=O)N(C)C)NCC1(c2ccccc2OC)CCCC1. The second-order valence-corrected chi connectivity index (χ2v) is 7.02. The van der Waals surface area contributed by atoms with Crippen LogP contribution in [-0.4, -0.2) is 57.6 Å². The van der Waals surface area contributed by atoms with Crippen molar-refractivity contribution in [1.29, 1.82) is 0 Å². The molecule has 0 atom stereocenters. The Labute approximate surface area is 157 Å². The number of para-hydroxylation sites is 1. The number of methoxy groups -OCH3 is 1. The normalized spacial score (nSPS) is 16.2. The third-order valence-electron chi connectivity index (χ3n) is 5.05. The summed E-state index contributed by atoms with van der Waals surface area (Å²) in [5.41, 5.74) is 1.29. The highest BCUT2D eigenvalue weighted by molar-refractivity contribution is 5.84. The minimum atomic E-state index is -0.0116. The van der Waals surface area contributed by atoms with E-state index >= 15 is 0 Å². The van der Waals surface area contributed by atoms with Crippen molar-refractivity contribution in [1.82, 2.24) is 15.5 Å². The van der Waals surface area contributed by atoms with E-state index in [1.54, 1.807) is 26.1 Å². The number of likely N-dealkylation sites (N-methyl/N-ethyl adjacent to an activating group) is 1. The summed E-state index contributed by atoms with van der Waals surface area (Å²) in [5.74, 6) is 1.62. The molecule has 0 aromatic heterocycles. The lowest BCUT2D eigenvalue weighted by atomic mass is 9.78. The number of nitrogens with one attached hydrogen (secondary N) is 2. The maximum Gasteiger partial charge on any atom is 0.243 e. The highest BCUT2D eigenvalue weighted by Gasteiger charge is 2.37. The standard InChI is InChI=1S/C20H32N4O2/c1-5-21-19(22-14-18(25)24(2)3)23-15-20(12-8-9-13-20)16-10-6-7-11-17(16)26-4/h6-7,10-11H,5,8-9,12-15H2,1-4H3,(H2,21,22,23). The molecule has 0 heterocycles. The Morgan fingerprint density at radius 1 is 1.23 bits per heavy atom. The summed E-state index contributed by atoms with van der Waals surface area (Å²) in [6.45, 7) is 3.69. The minimum absolute atomic E-state index is 0.0116. The summed E-state index contributed by atoms with van der Waals surface area (Å²) >= 11 is 0. The highest BCUT2D eigenvalue weighted by atomic mass is 16.5. The van der Waals surface area contributed by atoms with E-state index in [4.69, 9.17) is 4.74 Å². The molecule has 26 heavy (non-hydrogen) atoms. The Morgan fingerprint density at radius 2 is 1.92 bits per heavy atom. The molecule has 2 rings (SSSR count). The summed E-state index contributed by atoms with van der Waals surface area (Å²) in [6.07, 6.45) is 4.67. The summed E-state index contributed by atoms with van der Waals surface area (Å²) in [7, 11) is 5.22. The van der Waals surface area contributed by atoms with Gasteiger partial charge in [-0.25, -0.2) is 4.99 Å². The van der Waals surface area contributed by atoms with Crippen molar-refractivity contribution in [2.24, 2.45) is 4.99 Å². The first-order chi connectivity index (χ1) is 12.5. The maximum atomic E-state index is 11.8. The summed E-state index contributed by atoms with van der Waals surface area (Å²) in [4.78, 5) is 17.8. The first kappa shape index (κ1) is 20.1. The van der Waals surface area contributed by atoms with Crippen LogP contribution in [0.25, 0.3) is 0 Å². The van der Waals surface area contributed by atoms with E-state index in [9.17, 15) is 4.79 Å². The molecule has 144 valence electrons. The Bertz CT molecular complexity index is 622. The van der Waals surface area contributed by atoms with Gasteiger partial charge in [0.25, 0.3) is 0 Å². The Balaban J connectivity index is 2.15. The van der Waals surface area contributed by atoms with E-state index in [0.717, 1.165) is 31.7 Å². The Morgan fingerprint density at radius 3 is 2.54 bits per heavy atom. The maximum absolute atomic E-state index is 11.8. The van der Waals surface area contributed by atoms with E-state index in [1.165, 1.54) is 18.4 Å². The number of carbonyl (C=O) groups is 1. The molecule has 1 aliphatic rings. The molecule has 0 spiro atoms. The van der Waals surface area contributed by atoms with Gasteiger partial charge in [-0.15, -0.1) is 0 Å². The largest absolute Gasteiger partial charge is 0.496 e. The summed E-state index contributed by atoms with van der Waals surface area (Å²) in [6, 6.07) is 8.29. The highest BCUT2D eigenvalue weighted by Crippen LogP contribution is 2.44. The topological polar surface area (TPSA) is 66.0 Å². The van der Waals surface area contributed by atoms with Crippen molar-refractivity contribution in [2.45, 2.75) is 38.0 Å². The van der Waals surface area contributed by atoms with Crippen molar-refractivity contribution < 1.29 is 9.53 Å². The summed E-state index contributed by atoms with van der Waals surface area (Å²) in [5, 5.41) is 6.70. The number of nitrogens with zero attached hydrogens (tertiary/aromatic N) is 2. The third kappa shape index (κ3) is 4.90. The van der Waals surface area contributed by atoms with Crippen LogP contribution in [0, 0.1) is 0 Å². The van der Waals surface area contributed by atoms with Gasteiger partial charge in [-0.2, -0.15) is 0 Å². The molecule has 1 aliphatic carbocycles. The Hall–Kier alpha value is -2.24. The quantitative estimate of drug-likeness (QED) is 0.578. The van der Waals surface area contributed by atoms with Crippen molar-refractivity contribution in [2.75, 3.05) is 40.8 Å². The molecule has 1 aromatic carbocycles. The molecule has 0 radical (unpaired) electrons. The van der Waals surface area contributed by atoms with Crippen molar-refractivity contribution in [3.8, 4) is 5.75 Å². The van der Waals surface area contributed by atoms with Gasteiger partial charge in [0.1, 0.15) is 12.3 Å². The van der Waals surface area contributed by atoms with Gasteiger partial charge in [0.2, 0.25) is 5.91 Å². The minimum Gasteiger partial charge on any atom is -0.496 e. The smallest absolute Gasteiger partial charge is 0.243 e. The number of benzene rings is 1. The van der Waals surface area contributed by atoms with Crippen LogP contribution in [0.15, 0.2) is 29.3 Å². The number of hydrogen-bond donors (Lipinski definition) is 2. The number of amides is 1. The van der Waals surface area contributed by atoms with Crippen LogP contribution in [0.4, 0.5) is 0 Å². The van der Waals surface area contributed by atoms with Gasteiger partial charge in [-0.1, -0.05) is 31.0 Å². The van der Waals surface area contributed by atoms with Gasteiger partial charge < -0.3 is 20.3 Å². The lowest BCUT2D eigenvalue weighted by Crippen LogP contribution is -2.45. The second-order valence-electron chi connectivity index (χ2n) is 7.02. The number of guanidine groups is 1.